The Labute approximate surface area is 290 Å². The van der Waals surface area contributed by atoms with E-state index in [2.05, 4.69) is 80.5 Å². The van der Waals surface area contributed by atoms with Gasteiger partial charge in [0.1, 0.15) is 23.3 Å². The molecule has 0 radical (unpaired) electrons. The molecule has 8 rings (SSSR count). The first-order valence-corrected chi connectivity index (χ1v) is 17.1. The second-order valence-corrected chi connectivity index (χ2v) is 13.3. The van der Waals surface area contributed by atoms with Crippen molar-refractivity contribution < 1.29 is 5.11 Å². The lowest BCUT2D eigenvalue weighted by Crippen LogP contribution is -2.40. The lowest BCUT2D eigenvalue weighted by Gasteiger charge is -2.29. The molecular weight excluding hydrogens is 624 g/mol. The highest BCUT2D eigenvalue weighted by molar-refractivity contribution is 5.77. The minimum Gasteiger partial charge on any atom is -0.390 e. The van der Waals surface area contributed by atoms with Crippen molar-refractivity contribution in [2.24, 2.45) is 28.2 Å². The topological polar surface area (TPSA) is 98.0 Å². The SMILES string of the molecule is Cn1c(CN(Cc2nc3ccccc3n2C)CC(O)CN(Cc2nc3ccccc3n2C)Cc2nc3ccccc3n2C)nc2ccccc21. The van der Waals surface area contributed by atoms with Crippen molar-refractivity contribution in [2.75, 3.05) is 13.1 Å². The van der Waals surface area contributed by atoms with E-state index in [0.29, 0.717) is 39.3 Å². The van der Waals surface area contributed by atoms with Gasteiger partial charge in [0.2, 0.25) is 0 Å². The van der Waals surface area contributed by atoms with E-state index < -0.39 is 6.10 Å². The number of aliphatic hydroxyl groups is 1. The van der Waals surface area contributed by atoms with Gasteiger partial charge in [0.05, 0.1) is 76.4 Å². The number of para-hydroxylation sites is 8. The van der Waals surface area contributed by atoms with Gasteiger partial charge in [0, 0.05) is 41.3 Å². The first-order valence-electron chi connectivity index (χ1n) is 17.1. The summed E-state index contributed by atoms with van der Waals surface area (Å²) in [5, 5.41) is 11.9. The number of benzene rings is 4. The zero-order chi connectivity index (χ0) is 34.4. The number of nitrogens with zero attached hydrogens (tertiary/aromatic N) is 10. The normalized spacial score (nSPS) is 12.3. The van der Waals surface area contributed by atoms with Crippen LogP contribution >= 0.6 is 0 Å². The average Bonchev–Trinajstić information content (AvgIpc) is 3.82. The maximum absolute atomic E-state index is 11.9. The summed E-state index contributed by atoms with van der Waals surface area (Å²) in [5.41, 5.74) is 8.19. The fraction of sp³-hybridized carbons (Fsp3) is 0.282. The molecular formula is C39H42N10O. The summed E-state index contributed by atoms with van der Waals surface area (Å²) in [4.78, 5) is 24.4. The van der Waals surface area contributed by atoms with E-state index in [9.17, 15) is 5.11 Å². The number of aliphatic hydroxyl groups excluding tert-OH is 1. The predicted octanol–water partition coefficient (Wildman–Crippen LogP) is 5.30. The van der Waals surface area contributed by atoms with E-state index >= 15 is 0 Å². The monoisotopic (exact) mass is 666 g/mol. The van der Waals surface area contributed by atoms with Crippen LogP contribution in [0, 0.1) is 0 Å². The second-order valence-electron chi connectivity index (χ2n) is 13.3. The fourth-order valence-electron chi connectivity index (χ4n) is 7.17. The first-order chi connectivity index (χ1) is 24.3. The second kappa shape index (κ2) is 13.2. The van der Waals surface area contributed by atoms with Crippen molar-refractivity contribution in [1.82, 2.24) is 48.0 Å². The average molecular weight is 667 g/mol. The molecule has 0 saturated heterocycles. The van der Waals surface area contributed by atoms with Gasteiger partial charge < -0.3 is 23.4 Å². The maximum atomic E-state index is 11.9. The molecule has 0 atom stereocenters. The number of rotatable bonds is 12. The molecule has 0 amide bonds. The molecule has 50 heavy (non-hydrogen) atoms. The molecule has 0 aliphatic rings. The van der Waals surface area contributed by atoms with Crippen molar-refractivity contribution in [3.8, 4) is 0 Å². The van der Waals surface area contributed by atoms with E-state index in [1.165, 1.54) is 0 Å². The summed E-state index contributed by atoms with van der Waals surface area (Å²) in [6, 6.07) is 32.8. The minimum atomic E-state index is -0.677. The smallest absolute Gasteiger partial charge is 0.123 e. The first kappa shape index (κ1) is 31.9. The van der Waals surface area contributed by atoms with Crippen LogP contribution in [-0.4, -0.2) is 72.3 Å². The van der Waals surface area contributed by atoms with E-state index in [0.717, 1.165) is 67.4 Å². The number of imidazole rings is 4. The van der Waals surface area contributed by atoms with Crippen molar-refractivity contribution in [3.63, 3.8) is 0 Å². The molecule has 11 nitrogen and oxygen atoms in total. The Balaban J connectivity index is 1.10. The largest absolute Gasteiger partial charge is 0.390 e. The zero-order valence-corrected chi connectivity index (χ0v) is 29.0. The van der Waals surface area contributed by atoms with Crippen molar-refractivity contribution in [1.29, 1.82) is 0 Å². The van der Waals surface area contributed by atoms with Gasteiger partial charge in [-0.1, -0.05) is 48.5 Å². The third kappa shape index (κ3) is 6.04. The molecule has 0 spiro atoms. The quantitative estimate of drug-likeness (QED) is 0.189. The van der Waals surface area contributed by atoms with Gasteiger partial charge in [-0.25, -0.2) is 19.9 Å². The summed E-state index contributed by atoms with van der Waals surface area (Å²) in [5.74, 6) is 3.75. The molecule has 4 heterocycles. The van der Waals surface area contributed by atoms with Crippen LogP contribution in [0.2, 0.25) is 0 Å². The standard InChI is InChI=1S/C39H42N10O/c1-44-32-17-9-5-13-28(32)40-36(44)23-48(24-37-41-29-14-6-10-18-33(29)45(37)2)21-27(50)22-49(25-38-42-30-15-7-11-19-34(30)46(38)3)26-39-43-31-16-8-12-20-35(31)47(39)4/h5-20,27,50H,21-26H2,1-4H3. The van der Waals surface area contributed by atoms with Crippen LogP contribution in [0.4, 0.5) is 0 Å². The molecule has 0 aliphatic carbocycles. The number of aryl methyl sites for hydroxylation is 4. The summed E-state index contributed by atoms with van der Waals surface area (Å²) in [7, 11) is 8.24. The number of fused-ring (bicyclic) bond motifs is 4. The van der Waals surface area contributed by atoms with Gasteiger partial charge >= 0.3 is 0 Å². The molecule has 1 N–H and O–H groups in total. The van der Waals surface area contributed by atoms with Crippen LogP contribution in [-0.2, 0) is 54.4 Å². The highest BCUT2D eigenvalue weighted by Crippen LogP contribution is 2.22. The Morgan fingerprint density at radius 3 is 0.920 bits per heavy atom. The molecule has 4 aromatic heterocycles. The predicted molar refractivity (Wildman–Crippen MR) is 197 cm³/mol. The van der Waals surface area contributed by atoms with Gasteiger partial charge in [-0.15, -0.1) is 0 Å². The molecule has 254 valence electrons. The Hall–Kier alpha value is -5.36. The number of hydrogen-bond donors (Lipinski definition) is 1. The summed E-state index contributed by atoms with van der Waals surface area (Å²) >= 11 is 0. The third-order valence-corrected chi connectivity index (χ3v) is 9.92. The van der Waals surface area contributed by atoms with E-state index in [1.54, 1.807) is 0 Å². The van der Waals surface area contributed by atoms with Crippen LogP contribution in [0.15, 0.2) is 97.1 Å². The van der Waals surface area contributed by atoms with Crippen LogP contribution in [0.5, 0.6) is 0 Å². The lowest BCUT2D eigenvalue weighted by molar-refractivity contribution is 0.0588. The van der Waals surface area contributed by atoms with E-state index in [4.69, 9.17) is 19.9 Å². The Bertz CT molecular complexity index is 2120. The molecule has 8 aromatic rings. The van der Waals surface area contributed by atoms with Crippen LogP contribution < -0.4 is 0 Å². The van der Waals surface area contributed by atoms with Gasteiger partial charge in [0.25, 0.3) is 0 Å². The third-order valence-electron chi connectivity index (χ3n) is 9.92. The van der Waals surface area contributed by atoms with Crippen LogP contribution in [0.3, 0.4) is 0 Å². The molecule has 4 aromatic carbocycles. The Morgan fingerprint density at radius 2 is 0.680 bits per heavy atom. The van der Waals surface area contributed by atoms with Gasteiger partial charge in [-0.05, 0) is 48.5 Å². The van der Waals surface area contributed by atoms with E-state index in [-0.39, 0.29) is 0 Å². The minimum absolute atomic E-state index is 0.425. The molecule has 0 fully saturated rings. The van der Waals surface area contributed by atoms with Crippen LogP contribution in [0.1, 0.15) is 23.3 Å². The Kier molecular flexibility index (Phi) is 8.39. The molecule has 0 unspecified atom stereocenters. The van der Waals surface area contributed by atoms with Crippen molar-refractivity contribution in [2.45, 2.75) is 32.3 Å². The molecule has 0 saturated carbocycles. The summed E-state index contributed by atoms with van der Waals surface area (Å²) in [6.45, 7) is 3.08. The maximum Gasteiger partial charge on any atom is 0.123 e. The molecule has 11 heteroatoms. The van der Waals surface area contributed by atoms with Crippen molar-refractivity contribution in [3.05, 3.63) is 120 Å². The number of hydrogen-bond acceptors (Lipinski definition) is 7. The van der Waals surface area contributed by atoms with Gasteiger partial charge in [-0.2, -0.15) is 0 Å². The van der Waals surface area contributed by atoms with Gasteiger partial charge in [-0.3, -0.25) is 9.80 Å². The highest BCUT2D eigenvalue weighted by atomic mass is 16.3. The summed E-state index contributed by atoms with van der Waals surface area (Å²) in [6.07, 6.45) is -0.677. The highest BCUT2D eigenvalue weighted by Gasteiger charge is 2.23. The zero-order valence-electron chi connectivity index (χ0n) is 29.0. The summed E-state index contributed by atoms with van der Waals surface area (Å²) < 4.78 is 8.58. The van der Waals surface area contributed by atoms with E-state index in [1.807, 2.05) is 72.8 Å². The number of aromatic nitrogens is 8. The molecule has 0 aliphatic heterocycles. The lowest BCUT2D eigenvalue weighted by atomic mass is 10.2. The van der Waals surface area contributed by atoms with Crippen LogP contribution in [0.25, 0.3) is 44.1 Å². The fourth-order valence-corrected chi connectivity index (χ4v) is 7.17. The molecule has 0 bridgehead atoms. The van der Waals surface area contributed by atoms with Gasteiger partial charge in [0.15, 0.2) is 0 Å². The van der Waals surface area contributed by atoms with Crippen molar-refractivity contribution >= 4 is 44.1 Å². The Morgan fingerprint density at radius 1 is 0.440 bits per heavy atom.